The molecule has 0 saturated carbocycles. The van der Waals surface area contributed by atoms with Crippen molar-refractivity contribution in [3.63, 3.8) is 0 Å². The van der Waals surface area contributed by atoms with Crippen LogP contribution in [0.15, 0.2) is 47.6 Å². The lowest BCUT2D eigenvalue weighted by atomic mass is 10.1. The number of nitrogens with one attached hydrogen (secondary N) is 1. The van der Waals surface area contributed by atoms with Crippen LogP contribution in [0.2, 0.25) is 0 Å². The summed E-state index contributed by atoms with van der Waals surface area (Å²) < 4.78 is 13.5. The minimum Gasteiger partial charge on any atom is -0.493 e. The third-order valence-electron chi connectivity index (χ3n) is 4.93. The first-order chi connectivity index (χ1) is 15.3. The number of rotatable bonds is 9. The first-order valence-electron chi connectivity index (χ1n) is 10.5. The highest BCUT2D eigenvalue weighted by Gasteiger charge is 2.23. The Hall–Kier alpha value is -3.00. The van der Waals surface area contributed by atoms with Gasteiger partial charge in [-0.1, -0.05) is 41.6 Å². The number of thioether (sulfide) groups is 1. The highest BCUT2D eigenvalue weighted by Crippen LogP contribution is 2.32. The van der Waals surface area contributed by atoms with Gasteiger partial charge in [-0.05, 0) is 58.4 Å². The fourth-order valence-corrected chi connectivity index (χ4v) is 4.25. The van der Waals surface area contributed by atoms with Crippen molar-refractivity contribution in [2.75, 3.05) is 18.2 Å². The predicted molar refractivity (Wildman–Crippen MR) is 128 cm³/mol. The number of amides is 1. The van der Waals surface area contributed by atoms with Crippen LogP contribution in [0, 0.1) is 13.8 Å². The monoisotopic (exact) mass is 454 g/mol. The maximum atomic E-state index is 12.5. The highest BCUT2D eigenvalue weighted by molar-refractivity contribution is 7.99. The van der Waals surface area contributed by atoms with Crippen LogP contribution in [-0.2, 0) is 4.79 Å². The van der Waals surface area contributed by atoms with E-state index >= 15 is 0 Å². The van der Waals surface area contributed by atoms with Gasteiger partial charge in [0.2, 0.25) is 5.91 Å². The van der Waals surface area contributed by atoms with E-state index in [-0.39, 0.29) is 23.8 Å². The van der Waals surface area contributed by atoms with Crippen LogP contribution in [0.1, 0.15) is 49.9 Å². The molecule has 0 aliphatic carbocycles. The molecule has 8 heteroatoms. The van der Waals surface area contributed by atoms with E-state index in [2.05, 4.69) is 29.4 Å². The van der Waals surface area contributed by atoms with Crippen LogP contribution < -0.4 is 14.8 Å². The molecule has 1 N–H and O–H groups in total. The van der Waals surface area contributed by atoms with Gasteiger partial charge in [0.25, 0.3) is 0 Å². The van der Waals surface area contributed by atoms with Gasteiger partial charge in [0.1, 0.15) is 0 Å². The summed E-state index contributed by atoms with van der Waals surface area (Å²) in [6.07, 6.45) is -0.348. The van der Waals surface area contributed by atoms with E-state index in [1.165, 1.54) is 11.8 Å². The number of hydrogen-bond donors (Lipinski definition) is 1. The Labute approximate surface area is 193 Å². The minimum absolute atomic E-state index is 0.0832. The summed E-state index contributed by atoms with van der Waals surface area (Å²) in [7, 11) is 1.61. The van der Waals surface area contributed by atoms with Crippen molar-refractivity contribution in [2.24, 2.45) is 0 Å². The third kappa shape index (κ3) is 5.62. The number of hydrogen-bond acceptors (Lipinski definition) is 6. The number of aryl methyl sites for hydroxylation is 2. The average Bonchev–Trinajstić information content (AvgIpc) is 3.19. The number of anilines is 1. The number of ether oxygens (including phenoxy) is 2. The number of para-hydroxylation sites is 2. The lowest BCUT2D eigenvalue weighted by Crippen LogP contribution is -2.17. The molecule has 3 rings (SSSR count). The van der Waals surface area contributed by atoms with Crippen molar-refractivity contribution in [1.29, 1.82) is 0 Å². The molecular formula is C24H30N4O3S. The van der Waals surface area contributed by atoms with Gasteiger partial charge in [0.05, 0.1) is 12.9 Å². The quantitative estimate of drug-likeness (QED) is 0.439. The second-order valence-electron chi connectivity index (χ2n) is 7.87. The lowest BCUT2D eigenvalue weighted by Gasteiger charge is -2.19. The largest absolute Gasteiger partial charge is 0.493 e. The second-order valence-corrected chi connectivity index (χ2v) is 8.81. The zero-order chi connectivity index (χ0) is 23.3. The summed E-state index contributed by atoms with van der Waals surface area (Å²) in [5.74, 6) is 2.15. The van der Waals surface area contributed by atoms with Gasteiger partial charge < -0.3 is 19.4 Å². The molecule has 0 radical (unpaired) electrons. The lowest BCUT2D eigenvalue weighted by molar-refractivity contribution is -0.113. The molecule has 32 heavy (non-hydrogen) atoms. The van der Waals surface area contributed by atoms with Gasteiger partial charge in [0.15, 0.2) is 28.6 Å². The Kier molecular flexibility index (Phi) is 7.80. The molecule has 0 aliphatic heterocycles. The fraction of sp³-hybridized carbons (Fsp3) is 0.375. The third-order valence-corrected chi connectivity index (χ3v) is 5.88. The second kappa shape index (κ2) is 10.5. The molecule has 0 fully saturated rings. The maximum absolute atomic E-state index is 12.5. The Morgan fingerprint density at radius 1 is 1.09 bits per heavy atom. The number of aromatic nitrogens is 3. The molecule has 1 unspecified atom stereocenters. The van der Waals surface area contributed by atoms with Crippen LogP contribution in [0.5, 0.6) is 11.5 Å². The first-order valence-corrected chi connectivity index (χ1v) is 11.5. The molecule has 1 amide bonds. The SMILES string of the molecule is COc1ccccc1OC(C)c1nnc(SCC(=O)Nc2ccc(C)cc2C)n1C(C)C. The summed E-state index contributed by atoms with van der Waals surface area (Å²) in [5, 5.41) is 12.4. The van der Waals surface area contributed by atoms with Crippen LogP contribution in [0.4, 0.5) is 5.69 Å². The van der Waals surface area contributed by atoms with Crippen LogP contribution in [-0.4, -0.2) is 33.5 Å². The number of carbonyl (C=O) groups is 1. The molecule has 0 spiro atoms. The van der Waals surface area contributed by atoms with Gasteiger partial charge in [0, 0.05) is 11.7 Å². The van der Waals surface area contributed by atoms with Gasteiger partial charge in [-0.3, -0.25) is 4.79 Å². The van der Waals surface area contributed by atoms with Crippen LogP contribution in [0.3, 0.4) is 0 Å². The molecule has 2 aromatic carbocycles. The molecule has 0 saturated heterocycles. The summed E-state index contributed by atoms with van der Waals surface area (Å²) in [4.78, 5) is 12.5. The first kappa shape index (κ1) is 23.7. The van der Waals surface area contributed by atoms with E-state index in [9.17, 15) is 4.79 Å². The van der Waals surface area contributed by atoms with Crippen molar-refractivity contribution >= 4 is 23.4 Å². The van der Waals surface area contributed by atoms with Gasteiger partial charge >= 0.3 is 0 Å². The van der Waals surface area contributed by atoms with Crippen molar-refractivity contribution in [1.82, 2.24) is 14.8 Å². The van der Waals surface area contributed by atoms with Crippen LogP contribution in [0.25, 0.3) is 0 Å². The van der Waals surface area contributed by atoms with Crippen molar-refractivity contribution in [3.8, 4) is 11.5 Å². The Balaban J connectivity index is 1.71. The van der Waals surface area contributed by atoms with Crippen molar-refractivity contribution in [3.05, 3.63) is 59.4 Å². The average molecular weight is 455 g/mol. The van der Waals surface area contributed by atoms with Gasteiger partial charge in [-0.15, -0.1) is 10.2 Å². The fourth-order valence-electron chi connectivity index (χ4n) is 3.38. The molecule has 1 heterocycles. The standard InChI is InChI=1S/C24H30N4O3S/c1-15(2)28-23(18(5)31-21-10-8-7-9-20(21)30-6)26-27-24(28)32-14-22(29)25-19-12-11-16(3)13-17(19)4/h7-13,15,18H,14H2,1-6H3,(H,25,29). The minimum atomic E-state index is -0.348. The summed E-state index contributed by atoms with van der Waals surface area (Å²) in [6.45, 7) is 10.1. The Morgan fingerprint density at radius 3 is 2.47 bits per heavy atom. The molecule has 1 aromatic heterocycles. The van der Waals surface area contributed by atoms with E-state index < -0.39 is 0 Å². The molecule has 3 aromatic rings. The van der Waals surface area contributed by atoms with E-state index in [1.54, 1.807) is 7.11 Å². The highest BCUT2D eigenvalue weighted by atomic mass is 32.2. The smallest absolute Gasteiger partial charge is 0.234 e. The molecule has 0 bridgehead atoms. The maximum Gasteiger partial charge on any atom is 0.234 e. The normalized spacial score (nSPS) is 12.0. The van der Waals surface area contributed by atoms with Gasteiger partial charge in [-0.2, -0.15) is 0 Å². The Bertz CT molecular complexity index is 1080. The van der Waals surface area contributed by atoms with E-state index in [1.807, 2.05) is 67.8 Å². The summed E-state index contributed by atoms with van der Waals surface area (Å²) >= 11 is 1.36. The van der Waals surface area contributed by atoms with E-state index in [0.717, 1.165) is 16.8 Å². The zero-order valence-electron chi connectivity index (χ0n) is 19.4. The number of carbonyl (C=O) groups excluding carboxylic acids is 1. The summed E-state index contributed by atoms with van der Waals surface area (Å²) in [5.41, 5.74) is 3.03. The zero-order valence-corrected chi connectivity index (χ0v) is 20.2. The Morgan fingerprint density at radius 2 is 1.81 bits per heavy atom. The topological polar surface area (TPSA) is 78.3 Å². The number of methoxy groups -OCH3 is 1. The van der Waals surface area contributed by atoms with Gasteiger partial charge in [-0.25, -0.2) is 0 Å². The van der Waals surface area contributed by atoms with Crippen molar-refractivity contribution in [2.45, 2.75) is 51.9 Å². The molecule has 1 atom stereocenters. The van der Waals surface area contributed by atoms with Crippen LogP contribution >= 0.6 is 11.8 Å². The predicted octanol–water partition coefficient (Wildman–Crippen LogP) is 5.36. The molecule has 0 aliphatic rings. The molecular weight excluding hydrogens is 424 g/mol. The molecule has 170 valence electrons. The number of benzene rings is 2. The number of nitrogens with zero attached hydrogens (tertiary/aromatic N) is 3. The van der Waals surface area contributed by atoms with E-state index in [4.69, 9.17) is 9.47 Å². The summed E-state index contributed by atoms with van der Waals surface area (Å²) in [6, 6.07) is 13.6. The van der Waals surface area contributed by atoms with E-state index in [0.29, 0.717) is 22.5 Å². The molecule has 7 nitrogen and oxygen atoms in total. The van der Waals surface area contributed by atoms with Crippen molar-refractivity contribution < 1.29 is 14.3 Å².